The normalized spacial score (nSPS) is 15.7. The second-order valence-electron chi connectivity index (χ2n) is 7.33. The highest BCUT2D eigenvalue weighted by molar-refractivity contribution is 7.80. The molecule has 0 bridgehead atoms. The van der Waals surface area contributed by atoms with E-state index in [9.17, 15) is 9.59 Å². The predicted octanol–water partition coefficient (Wildman–Crippen LogP) is 4.05. The first-order valence-corrected chi connectivity index (χ1v) is 11.0. The Morgan fingerprint density at radius 3 is 2.45 bits per heavy atom. The quantitative estimate of drug-likeness (QED) is 0.306. The average molecular weight is 469 g/mol. The molecule has 2 amide bonds. The van der Waals surface area contributed by atoms with Gasteiger partial charge in [-0.15, -0.1) is 0 Å². The summed E-state index contributed by atoms with van der Waals surface area (Å²) in [5, 5.41) is 9.38. The number of para-hydroxylation sites is 1. The lowest BCUT2D eigenvalue weighted by molar-refractivity contribution is -0.140. The van der Waals surface area contributed by atoms with Crippen molar-refractivity contribution >= 4 is 40.7 Å². The molecule has 3 rings (SSSR count). The summed E-state index contributed by atoms with van der Waals surface area (Å²) in [6.07, 6.45) is 0. The van der Waals surface area contributed by atoms with Crippen LogP contribution >= 0.6 is 12.2 Å². The number of methoxy groups -OCH3 is 1. The summed E-state index contributed by atoms with van der Waals surface area (Å²) in [5.41, 5.74) is 3.23. The van der Waals surface area contributed by atoms with Gasteiger partial charge in [-0.05, 0) is 55.9 Å². The third kappa shape index (κ3) is 6.09. The number of rotatable bonds is 8. The number of nitrogens with one attached hydrogen (secondary N) is 3. The number of anilines is 2. The first kappa shape index (κ1) is 24.2. The van der Waals surface area contributed by atoms with E-state index >= 15 is 0 Å². The van der Waals surface area contributed by atoms with Crippen molar-refractivity contribution < 1.29 is 19.1 Å². The fourth-order valence-corrected chi connectivity index (χ4v) is 3.97. The SMILES string of the molecule is CCN1C(=S)NC(c2cccc(NC(=O)Nc3ccccc3)c2)C(C(=O)OCCOC)=C1C. The summed E-state index contributed by atoms with van der Waals surface area (Å²) in [7, 11) is 1.55. The highest BCUT2D eigenvalue weighted by Crippen LogP contribution is 2.32. The van der Waals surface area contributed by atoms with Gasteiger partial charge in [0.1, 0.15) is 6.61 Å². The highest BCUT2D eigenvalue weighted by Gasteiger charge is 2.34. The summed E-state index contributed by atoms with van der Waals surface area (Å²) >= 11 is 5.53. The number of benzene rings is 2. The number of hydrogen-bond acceptors (Lipinski definition) is 5. The van der Waals surface area contributed by atoms with E-state index in [0.29, 0.717) is 35.2 Å². The number of carbonyl (C=O) groups excluding carboxylic acids is 2. The Bertz CT molecular complexity index is 1040. The fourth-order valence-electron chi connectivity index (χ4n) is 3.58. The van der Waals surface area contributed by atoms with Crippen molar-refractivity contribution in [1.29, 1.82) is 0 Å². The van der Waals surface area contributed by atoms with Crippen molar-refractivity contribution in [3.63, 3.8) is 0 Å². The fraction of sp³-hybridized carbons (Fsp3) is 0.292. The summed E-state index contributed by atoms with van der Waals surface area (Å²) in [5.74, 6) is -0.441. The summed E-state index contributed by atoms with van der Waals surface area (Å²) in [6.45, 7) is 4.88. The van der Waals surface area contributed by atoms with Crippen LogP contribution in [0.3, 0.4) is 0 Å². The summed E-state index contributed by atoms with van der Waals surface area (Å²) in [4.78, 5) is 27.2. The van der Waals surface area contributed by atoms with Gasteiger partial charge in [-0.25, -0.2) is 9.59 Å². The van der Waals surface area contributed by atoms with Crippen LogP contribution in [0.2, 0.25) is 0 Å². The molecule has 0 radical (unpaired) electrons. The van der Waals surface area contributed by atoms with Crippen LogP contribution in [0.1, 0.15) is 25.5 Å². The van der Waals surface area contributed by atoms with Crippen LogP contribution < -0.4 is 16.0 Å². The van der Waals surface area contributed by atoms with Gasteiger partial charge >= 0.3 is 12.0 Å². The highest BCUT2D eigenvalue weighted by atomic mass is 32.1. The standard InChI is InChI=1S/C24H28N4O4S/c1-4-28-16(2)20(22(29)32-14-13-31-3)21(27-24(28)33)17-9-8-12-19(15-17)26-23(30)25-18-10-6-5-7-11-18/h5-12,15,21H,4,13-14H2,1-3H3,(H,27,33)(H2,25,26,30). The first-order chi connectivity index (χ1) is 15.9. The van der Waals surface area contributed by atoms with Crippen molar-refractivity contribution in [2.24, 2.45) is 0 Å². The number of ether oxygens (including phenoxy) is 2. The van der Waals surface area contributed by atoms with E-state index < -0.39 is 12.0 Å². The van der Waals surface area contributed by atoms with Crippen LogP contribution in [-0.2, 0) is 14.3 Å². The zero-order chi connectivity index (χ0) is 23.8. The Morgan fingerprint density at radius 1 is 1.06 bits per heavy atom. The number of carbonyl (C=O) groups is 2. The van der Waals surface area contributed by atoms with Gasteiger partial charge in [0, 0.05) is 30.7 Å². The van der Waals surface area contributed by atoms with E-state index in [2.05, 4.69) is 16.0 Å². The molecule has 33 heavy (non-hydrogen) atoms. The molecule has 8 nitrogen and oxygen atoms in total. The molecule has 174 valence electrons. The summed E-state index contributed by atoms with van der Waals surface area (Å²) < 4.78 is 10.4. The van der Waals surface area contributed by atoms with Crippen LogP contribution in [0.15, 0.2) is 65.9 Å². The predicted molar refractivity (Wildman–Crippen MR) is 132 cm³/mol. The topological polar surface area (TPSA) is 91.9 Å². The zero-order valence-electron chi connectivity index (χ0n) is 18.9. The molecular weight excluding hydrogens is 440 g/mol. The van der Waals surface area contributed by atoms with E-state index in [1.807, 2.05) is 55.1 Å². The maximum atomic E-state index is 13.0. The molecule has 2 aromatic rings. The molecule has 0 saturated carbocycles. The molecule has 0 aromatic heterocycles. The van der Waals surface area contributed by atoms with Crippen LogP contribution in [0.25, 0.3) is 0 Å². The smallest absolute Gasteiger partial charge is 0.338 e. The van der Waals surface area contributed by atoms with Crippen molar-refractivity contribution in [2.45, 2.75) is 19.9 Å². The molecular formula is C24H28N4O4S. The largest absolute Gasteiger partial charge is 0.460 e. The minimum Gasteiger partial charge on any atom is -0.460 e. The lowest BCUT2D eigenvalue weighted by Gasteiger charge is -2.37. The number of thiocarbonyl (C=S) groups is 1. The van der Waals surface area contributed by atoms with Gasteiger partial charge in [-0.2, -0.15) is 0 Å². The maximum Gasteiger partial charge on any atom is 0.338 e. The van der Waals surface area contributed by atoms with Gasteiger partial charge < -0.3 is 30.3 Å². The molecule has 1 atom stereocenters. The molecule has 1 aliphatic heterocycles. The van der Waals surface area contributed by atoms with E-state index in [4.69, 9.17) is 21.7 Å². The number of hydrogen-bond donors (Lipinski definition) is 3. The first-order valence-electron chi connectivity index (χ1n) is 10.6. The van der Waals surface area contributed by atoms with E-state index in [0.717, 1.165) is 11.3 Å². The van der Waals surface area contributed by atoms with Gasteiger partial charge in [0.2, 0.25) is 0 Å². The van der Waals surface area contributed by atoms with Gasteiger partial charge in [-0.3, -0.25) is 0 Å². The van der Waals surface area contributed by atoms with E-state index in [1.54, 1.807) is 25.3 Å². The molecule has 9 heteroatoms. The number of allylic oxidation sites excluding steroid dienone is 1. The average Bonchev–Trinajstić information content (AvgIpc) is 2.79. The molecule has 0 fully saturated rings. The molecule has 1 unspecified atom stereocenters. The molecule has 2 aromatic carbocycles. The maximum absolute atomic E-state index is 13.0. The number of nitrogens with zero attached hydrogens (tertiary/aromatic N) is 1. The molecule has 1 heterocycles. The van der Waals surface area contributed by atoms with Crippen LogP contribution in [-0.4, -0.2) is 48.9 Å². The second kappa shape index (κ2) is 11.4. The Hall–Kier alpha value is -3.43. The molecule has 0 saturated heterocycles. The molecule has 0 spiro atoms. The number of amides is 2. The third-order valence-electron chi connectivity index (χ3n) is 5.16. The van der Waals surface area contributed by atoms with Crippen molar-refractivity contribution in [3.05, 3.63) is 71.4 Å². The van der Waals surface area contributed by atoms with Crippen molar-refractivity contribution in [1.82, 2.24) is 10.2 Å². The van der Waals surface area contributed by atoms with E-state index in [1.165, 1.54) is 0 Å². The van der Waals surface area contributed by atoms with Crippen LogP contribution in [0.5, 0.6) is 0 Å². The van der Waals surface area contributed by atoms with Crippen LogP contribution in [0.4, 0.5) is 16.2 Å². The Kier molecular flexibility index (Phi) is 8.39. The minimum atomic E-state index is -0.519. The van der Waals surface area contributed by atoms with E-state index in [-0.39, 0.29) is 12.6 Å². The van der Waals surface area contributed by atoms with Gasteiger partial charge in [0.05, 0.1) is 18.2 Å². The number of urea groups is 1. The molecule has 3 N–H and O–H groups in total. The van der Waals surface area contributed by atoms with Gasteiger partial charge in [0.25, 0.3) is 0 Å². The van der Waals surface area contributed by atoms with Crippen molar-refractivity contribution in [3.8, 4) is 0 Å². The zero-order valence-corrected chi connectivity index (χ0v) is 19.7. The minimum absolute atomic E-state index is 0.149. The number of esters is 1. The Labute approximate surface area is 198 Å². The van der Waals surface area contributed by atoms with Gasteiger partial charge in [-0.1, -0.05) is 30.3 Å². The lowest BCUT2D eigenvalue weighted by atomic mass is 9.94. The molecule has 0 aliphatic carbocycles. The Balaban J connectivity index is 1.84. The summed E-state index contributed by atoms with van der Waals surface area (Å²) in [6, 6.07) is 15.6. The molecule has 1 aliphatic rings. The third-order valence-corrected chi connectivity index (χ3v) is 5.50. The van der Waals surface area contributed by atoms with Crippen LogP contribution in [0, 0.1) is 0 Å². The second-order valence-corrected chi connectivity index (χ2v) is 7.71. The Morgan fingerprint density at radius 2 is 1.76 bits per heavy atom. The van der Waals surface area contributed by atoms with Gasteiger partial charge in [0.15, 0.2) is 5.11 Å². The lowest BCUT2D eigenvalue weighted by Crippen LogP contribution is -2.47. The van der Waals surface area contributed by atoms with Crippen molar-refractivity contribution in [2.75, 3.05) is 37.5 Å². The monoisotopic (exact) mass is 468 g/mol.